The van der Waals surface area contributed by atoms with Crippen LogP contribution in [0.25, 0.3) is 0 Å². The van der Waals surface area contributed by atoms with Gasteiger partial charge in [-0.25, -0.2) is 4.98 Å². The summed E-state index contributed by atoms with van der Waals surface area (Å²) in [6.07, 6.45) is -3.57. The summed E-state index contributed by atoms with van der Waals surface area (Å²) >= 11 is 1.63. The third-order valence-electron chi connectivity index (χ3n) is 2.81. The van der Waals surface area contributed by atoms with Crippen molar-refractivity contribution in [1.29, 1.82) is 0 Å². The Kier molecular flexibility index (Phi) is 3.08. The van der Waals surface area contributed by atoms with Gasteiger partial charge in [-0.1, -0.05) is 0 Å². The summed E-state index contributed by atoms with van der Waals surface area (Å²) in [5, 5.41) is 0. The highest BCUT2D eigenvalue weighted by Crippen LogP contribution is 2.34. The van der Waals surface area contributed by atoms with Gasteiger partial charge in [-0.05, 0) is 6.92 Å². The van der Waals surface area contributed by atoms with Crippen molar-refractivity contribution in [1.82, 2.24) is 14.5 Å². The zero-order chi connectivity index (χ0) is 12.8. The summed E-state index contributed by atoms with van der Waals surface area (Å²) in [6.45, 7) is 2.08. The Bertz CT molecular complexity index is 457. The van der Waals surface area contributed by atoms with Crippen molar-refractivity contribution in [2.24, 2.45) is 0 Å². The number of imidazole rings is 1. The Morgan fingerprint density at radius 3 is 2.71 bits per heavy atom. The second-order valence-corrected chi connectivity index (χ2v) is 4.70. The summed E-state index contributed by atoms with van der Waals surface area (Å²) in [5.41, 5.74) is -0.750. The van der Waals surface area contributed by atoms with Crippen molar-refractivity contribution in [2.75, 3.05) is 6.54 Å². The van der Waals surface area contributed by atoms with E-state index in [-0.39, 0.29) is 22.8 Å². The molecule has 0 aliphatic carbocycles. The van der Waals surface area contributed by atoms with E-state index in [0.717, 1.165) is 10.8 Å². The molecule has 0 spiro atoms. The summed E-state index contributed by atoms with van der Waals surface area (Å²) in [7, 11) is 0. The Morgan fingerprint density at radius 1 is 1.53 bits per heavy atom. The molecule has 1 amide bonds. The zero-order valence-electron chi connectivity index (χ0n) is 8.83. The molecule has 1 aliphatic rings. The van der Waals surface area contributed by atoms with Gasteiger partial charge in [-0.2, -0.15) is 13.2 Å². The normalized spacial score (nSPS) is 20.3. The van der Waals surface area contributed by atoms with Crippen LogP contribution in [-0.4, -0.2) is 24.9 Å². The molecule has 8 heteroatoms. The molecule has 1 unspecified atom stereocenters. The number of halogens is 4. The van der Waals surface area contributed by atoms with Crippen molar-refractivity contribution >= 4 is 26.5 Å². The van der Waals surface area contributed by atoms with Gasteiger partial charge < -0.3 is 9.47 Å². The first-order valence-corrected chi connectivity index (χ1v) is 5.99. The van der Waals surface area contributed by atoms with Crippen LogP contribution in [0.3, 0.4) is 0 Å². The van der Waals surface area contributed by atoms with Gasteiger partial charge in [-0.3, -0.25) is 4.79 Å². The van der Waals surface area contributed by atoms with E-state index >= 15 is 0 Å². The van der Waals surface area contributed by atoms with Crippen molar-refractivity contribution in [3.8, 4) is 0 Å². The standard InChI is InChI=1S/C9H9F3IN3O/c1-5-7-14-4-6(9(10,11)12)16(7)3-2-15(5)8(13)17/h4-5H,2-3H2,1H3. The van der Waals surface area contributed by atoms with E-state index in [4.69, 9.17) is 0 Å². The molecule has 4 nitrogen and oxygen atoms in total. The Balaban J connectivity index is 2.41. The van der Waals surface area contributed by atoms with Crippen LogP contribution in [0.5, 0.6) is 0 Å². The van der Waals surface area contributed by atoms with Crippen LogP contribution in [0.2, 0.25) is 0 Å². The molecular formula is C9H9F3IN3O. The fourth-order valence-electron chi connectivity index (χ4n) is 1.97. The Labute approximate surface area is 109 Å². The predicted octanol–water partition coefficient (Wildman–Crippen LogP) is 2.83. The number of alkyl halides is 3. The van der Waals surface area contributed by atoms with E-state index in [1.165, 1.54) is 4.90 Å². The summed E-state index contributed by atoms with van der Waals surface area (Å²) in [5.74, 6) is 0.286. The fourth-order valence-corrected chi connectivity index (χ4v) is 2.62. The van der Waals surface area contributed by atoms with Gasteiger partial charge in [0.1, 0.15) is 11.5 Å². The van der Waals surface area contributed by atoms with Gasteiger partial charge in [0.25, 0.3) is 3.91 Å². The lowest BCUT2D eigenvalue weighted by Gasteiger charge is -2.33. The molecule has 1 atom stereocenters. The predicted molar refractivity (Wildman–Crippen MR) is 61.8 cm³/mol. The summed E-state index contributed by atoms with van der Waals surface area (Å²) in [4.78, 5) is 16.6. The van der Waals surface area contributed by atoms with Crippen LogP contribution < -0.4 is 0 Å². The first kappa shape index (κ1) is 12.7. The van der Waals surface area contributed by atoms with Crippen LogP contribution in [0.4, 0.5) is 18.0 Å². The number of hydrogen-bond acceptors (Lipinski definition) is 2. The molecule has 0 radical (unpaired) electrons. The quantitative estimate of drug-likeness (QED) is 0.406. The number of carbonyl (C=O) groups is 1. The van der Waals surface area contributed by atoms with Crippen molar-refractivity contribution < 1.29 is 18.0 Å². The first-order valence-electron chi connectivity index (χ1n) is 4.91. The Morgan fingerprint density at radius 2 is 2.18 bits per heavy atom. The van der Waals surface area contributed by atoms with Gasteiger partial charge in [-0.15, -0.1) is 0 Å². The van der Waals surface area contributed by atoms with Gasteiger partial charge in [0.05, 0.1) is 12.2 Å². The van der Waals surface area contributed by atoms with Crippen LogP contribution >= 0.6 is 22.6 Å². The molecule has 17 heavy (non-hydrogen) atoms. The Hall–Kier alpha value is -0.800. The molecule has 1 aromatic heterocycles. The minimum absolute atomic E-state index is 0.128. The van der Waals surface area contributed by atoms with Crippen LogP contribution in [0.1, 0.15) is 24.5 Å². The van der Waals surface area contributed by atoms with Crippen molar-refractivity contribution in [2.45, 2.75) is 25.7 Å². The summed E-state index contributed by atoms with van der Waals surface area (Å²) in [6, 6.07) is -0.427. The lowest BCUT2D eigenvalue weighted by molar-refractivity contribution is -0.144. The molecule has 94 valence electrons. The van der Waals surface area contributed by atoms with E-state index in [9.17, 15) is 18.0 Å². The SMILES string of the molecule is CC1c2ncc(C(F)(F)F)n2CCN1C(=O)I. The number of fused-ring (bicyclic) bond motifs is 1. The number of aromatic nitrogens is 2. The largest absolute Gasteiger partial charge is 0.433 e. The topological polar surface area (TPSA) is 38.1 Å². The number of carbonyl (C=O) groups excluding carboxylic acids is 1. The van der Waals surface area contributed by atoms with Crippen LogP contribution in [0, 0.1) is 0 Å². The highest BCUT2D eigenvalue weighted by molar-refractivity contribution is 14.1. The minimum Gasteiger partial charge on any atom is -0.322 e. The number of amides is 1. The monoisotopic (exact) mass is 359 g/mol. The molecule has 1 aromatic rings. The average Bonchev–Trinajstić information content (AvgIpc) is 2.61. The van der Waals surface area contributed by atoms with E-state index in [2.05, 4.69) is 4.98 Å². The molecule has 1 aliphatic heterocycles. The van der Waals surface area contributed by atoms with Crippen molar-refractivity contribution in [3.63, 3.8) is 0 Å². The van der Waals surface area contributed by atoms with Crippen LogP contribution in [0.15, 0.2) is 6.20 Å². The maximum Gasteiger partial charge on any atom is 0.433 e. The molecule has 0 N–H and O–H groups in total. The highest BCUT2D eigenvalue weighted by Gasteiger charge is 2.39. The third kappa shape index (κ3) is 2.14. The molecule has 0 fully saturated rings. The lowest BCUT2D eigenvalue weighted by Crippen LogP contribution is -2.39. The first-order chi connectivity index (χ1) is 7.82. The fraction of sp³-hybridized carbons (Fsp3) is 0.556. The van der Waals surface area contributed by atoms with E-state index in [1.54, 1.807) is 29.5 Å². The highest BCUT2D eigenvalue weighted by atomic mass is 127. The average molecular weight is 359 g/mol. The zero-order valence-corrected chi connectivity index (χ0v) is 11.0. The number of rotatable bonds is 0. The maximum atomic E-state index is 12.6. The van der Waals surface area contributed by atoms with E-state index in [1.807, 2.05) is 0 Å². The minimum atomic E-state index is -4.40. The molecule has 2 heterocycles. The molecule has 0 saturated carbocycles. The van der Waals surface area contributed by atoms with E-state index < -0.39 is 17.9 Å². The summed E-state index contributed by atoms with van der Waals surface area (Å²) < 4.78 is 38.9. The smallest absolute Gasteiger partial charge is 0.322 e. The van der Waals surface area contributed by atoms with E-state index in [0.29, 0.717) is 0 Å². The van der Waals surface area contributed by atoms with Gasteiger partial charge in [0.2, 0.25) is 0 Å². The van der Waals surface area contributed by atoms with Gasteiger partial charge in [0.15, 0.2) is 0 Å². The van der Waals surface area contributed by atoms with Crippen molar-refractivity contribution in [3.05, 3.63) is 17.7 Å². The second kappa shape index (κ2) is 4.14. The second-order valence-electron chi connectivity index (χ2n) is 3.77. The third-order valence-corrected chi connectivity index (χ3v) is 3.43. The van der Waals surface area contributed by atoms with Gasteiger partial charge in [0, 0.05) is 35.7 Å². The molecular weight excluding hydrogens is 350 g/mol. The molecule has 0 aromatic carbocycles. The number of nitrogens with zero attached hydrogens (tertiary/aromatic N) is 3. The lowest BCUT2D eigenvalue weighted by atomic mass is 10.2. The van der Waals surface area contributed by atoms with Gasteiger partial charge >= 0.3 is 6.18 Å². The molecule has 0 saturated heterocycles. The number of hydrogen-bond donors (Lipinski definition) is 0. The van der Waals surface area contributed by atoms with Crippen LogP contribution in [-0.2, 0) is 12.7 Å². The molecule has 0 bridgehead atoms. The molecule has 2 rings (SSSR count). The maximum absolute atomic E-state index is 12.6.